The predicted octanol–water partition coefficient (Wildman–Crippen LogP) is 2.83. The minimum Gasteiger partial charge on any atom is -0.492 e. The van der Waals surface area contributed by atoms with Crippen molar-refractivity contribution in [3.63, 3.8) is 0 Å². The zero-order valence-corrected chi connectivity index (χ0v) is 13.8. The second kappa shape index (κ2) is 6.27. The number of hydrogen-bond donors (Lipinski definition) is 0. The molecule has 4 rings (SSSR count). The third kappa shape index (κ3) is 2.80. The van der Waals surface area contributed by atoms with Crippen molar-refractivity contribution in [2.75, 3.05) is 6.61 Å². The molecular formula is C18H16N6O. The van der Waals surface area contributed by atoms with Gasteiger partial charge in [-0.05, 0) is 18.6 Å². The summed E-state index contributed by atoms with van der Waals surface area (Å²) < 4.78 is 7.13. The van der Waals surface area contributed by atoms with Crippen LogP contribution in [0.1, 0.15) is 18.2 Å². The highest BCUT2D eigenvalue weighted by molar-refractivity contribution is 5.81. The smallest absolute Gasteiger partial charge is 0.221 e. The number of aromatic nitrogens is 6. The Morgan fingerprint density at radius 2 is 2.08 bits per heavy atom. The van der Waals surface area contributed by atoms with E-state index in [1.807, 2.05) is 37.3 Å². The molecule has 25 heavy (non-hydrogen) atoms. The van der Waals surface area contributed by atoms with Gasteiger partial charge in [0.05, 0.1) is 24.9 Å². The summed E-state index contributed by atoms with van der Waals surface area (Å²) in [6.07, 6.45) is 3.38. The highest BCUT2D eigenvalue weighted by Crippen LogP contribution is 2.19. The second-order valence-electron chi connectivity index (χ2n) is 5.50. The van der Waals surface area contributed by atoms with Crippen LogP contribution in [0.2, 0.25) is 0 Å². The highest BCUT2D eigenvalue weighted by Gasteiger charge is 2.12. The predicted molar refractivity (Wildman–Crippen MR) is 94.6 cm³/mol. The molecule has 0 amide bonds. The fourth-order valence-corrected chi connectivity index (χ4v) is 2.70. The van der Waals surface area contributed by atoms with Crippen LogP contribution in [0.5, 0.6) is 0 Å². The summed E-state index contributed by atoms with van der Waals surface area (Å²) >= 11 is 0. The molecule has 3 heterocycles. The Bertz CT molecular complexity index is 1070. The highest BCUT2D eigenvalue weighted by atomic mass is 16.5. The Morgan fingerprint density at radius 3 is 2.96 bits per heavy atom. The Balaban J connectivity index is 1.76. The second-order valence-corrected chi connectivity index (χ2v) is 5.50. The molecule has 7 nitrogen and oxygen atoms in total. The normalized spacial score (nSPS) is 11.1. The van der Waals surface area contributed by atoms with Crippen LogP contribution in [0.4, 0.5) is 0 Å². The number of hydrogen-bond acceptors (Lipinski definition) is 6. The van der Waals surface area contributed by atoms with E-state index in [9.17, 15) is 0 Å². The molecule has 0 spiro atoms. The van der Waals surface area contributed by atoms with E-state index in [1.165, 1.54) is 0 Å². The zero-order chi connectivity index (χ0) is 17.2. The van der Waals surface area contributed by atoms with Gasteiger partial charge < -0.3 is 4.74 Å². The summed E-state index contributed by atoms with van der Waals surface area (Å²) in [6.45, 7) is 6.80. The van der Waals surface area contributed by atoms with E-state index in [1.54, 1.807) is 17.1 Å². The molecule has 124 valence electrons. The lowest BCUT2D eigenvalue weighted by Crippen LogP contribution is -2.05. The van der Waals surface area contributed by atoms with Gasteiger partial charge in [-0.3, -0.25) is 4.98 Å². The number of nitrogens with zero attached hydrogens (tertiary/aromatic N) is 6. The Labute approximate surface area is 144 Å². The minimum atomic E-state index is 0.483. The number of pyridine rings is 1. The molecule has 0 saturated heterocycles. The van der Waals surface area contributed by atoms with E-state index in [2.05, 4.69) is 31.8 Å². The van der Waals surface area contributed by atoms with Crippen molar-refractivity contribution in [2.45, 2.75) is 13.5 Å². The van der Waals surface area contributed by atoms with Crippen molar-refractivity contribution < 1.29 is 4.74 Å². The average Bonchev–Trinajstić information content (AvgIpc) is 3.04. The lowest BCUT2D eigenvalue weighted by Gasteiger charge is -2.07. The van der Waals surface area contributed by atoms with Crippen LogP contribution in [0.25, 0.3) is 28.0 Å². The molecule has 7 heteroatoms. The van der Waals surface area contributed by atoms with E-state index in [4.69, 9.17) is 4.74 Å². The first-order chi connectivity index (χ1) is 12.3. The summed E-state index contributed by atoms with van der Waals surface area (Å²) in [5.41, 5.74) is 3.64. The van der Waals surface area contributed by atoms with Crippen LogP contribution >= 0.6 is 0 Å². The fourth-order valence-electron chi connectivity index (χ4n) is 2.70. The van der Waals surface area contributed by atoms with E-state index in [-0.39, 0.29) is 0 Å². The van der Waals surface area contributed by atoms with Gasteiger partial charge in [0.1, 0.15) is 11.5 Å². The van der Waals surface area contributed by atoms with Gasteiger partial charge in [0.15, 0.2) is 5.65 Å². The molecule has 0 aliphatic carbocycles. The first-order valence-corrected chi connectivity index (χ1v) is 7.97. The molecular weight excluding hydrogens is 316 g/mol. The third-order valence-electron chi connectivity index (χ3n) is 3.87. The molecule has 0 atom stereocenters. The topological polar surface area (TPSA) is 78.6 Å². The quantitative estimate of drug-likeness (QED) is 0.523. The van der Waals surface area contributed by atoms with Crippen molar-refractivity contribution >= 4 is 28.0 Å². The molecule has 0 unspecified atom stereocenters. The van der Waals surface area contributed by atoms with Gasteiger partial charge in [-0.25, -0.2) is 14.6 Å². The van der Waals surface area contributed by atoms with Crippen molar-refractivity contribution in [3.8, 4) is 0 Å². The van der Waals surface area contributed by atoms with E-state index in [0.717, 1.165) is 16.5 Å². The molecule has 1 aromatic carbocycles. The van der Waals surface area contributed by atoms with Crippen LogP contribution in [-0.2, 0) is 11.3 Å². The molecule has 0 radical (unpaired) electrons. The van der Waals surface area contributed by atoms with Gasteiger partial charge in [-0.15, -0.1) is 5.10 Å². The first kappa shape index (κ1) is 15.2. The maximum atomic E-state index is 5.41. The van der Waals surface area contributed by atoms with Crippen LogP contribution < -0.4 is 0 Å². The lowest BCUT2D eigenvalue weighted by molar-refractivity contribution is 0.297. The number of ether oxygens (including phenoxy) is 1. The Hall–Kier alpha value is -3.35. The summed E-state index contributed by atoms with van der Waals surface area (Å²) in [7, 11) is 0. The molecule has 4 aromatic rings. The fraction of sp³-hybridized carbons (Fsp3) is 0.167. The van der Waals surface area contributed by atoms with Crippen LogP contribution in [0.3, 0.4) is 0 Å². The standard InChI is InChI=1S/C18H16N6O/c1-3-25-12(2)15-10-20-17-18(21-15)24(23-22-17)11-14-7-4-6-13-8-5-9-19-16(13)14/h4-10H,2-3,11H2,1H3. The monoisotopic (exact) mass is 332 g/mol. The zero-order valence-electron chi connectivity index (χ0n) is 13.8. The van der Waals surface area contributed by atoms with Gasteiger partial charge >= 0.3 is 0 Å². The van der Waals surface area contributed by atoms with Crippen molar-refractivity contribution in [1.29, 1.82) is 0 Å². The van der Waals surface area contributed by atoms with E-state index < -0.39 is 0 Å². The molecule has 0 fully saturated rings. The van der Waals surface area contributed by atoms with E-state index >= 15 is 0 Å². The SMILES string of the molecule is C=C(OCC)c1cnc2nnn(Cc3cccc4cccnc34)c2n1. The maximum absolute atomic E-state index is 5.41. The molecule has 0 N–H and O–H groups in total. The number of benzene rings is 1. The summed E-state index contributed by atoms with van der Waals surface area (Å²) in [5.74, 6) is 0.483. The molecule has 0 aliphatic rings. The van der Waals surface area contributed by atoms with Crippen LogP contribution in [-0.4, -0.2) is 36.6 Å². The minimum absolute atomic E-state index is 0.483. The van der Waals surface area contributed by atoms with Crippen LogP contribution in [0, 0.1) is 0 Å². The summed E-state index contributed by atoms with van der Waals surface area (Å²) in [4.78, 5) is 13.3. The van der Waals surface area contributed by atoms with Crippen molar-refractivity contribution in [3.05, 3.63) is 60.6 Å². The number of fused-ring (bicyclic) bond motifs is 2. The number of rotatable bonds is 5. The van der Waals surface area contributed by atoms with Gasteiger partial charge in [0, 0.05) is 11.6 Å². The van der Waals surface area contributed by atoms with Gasteiger partial charge in [0.25, 0.3) is 0 Å². The summed E-state index contributed by atoms with van der Waals surface area (Å²) in [6, 6.07) is 10.0. The molecule has 0 aliphatic heterocycles. The third-order valence-corrected chi connectivity index (χ3v) is 3.87. The molecule has 0 bridgehead atoms. The molecule has 0 saturated carbocycles. The van der Waals surface area contributed by atoms with Crippen LogP contribution in [0.15, 0.2) is 49.3 Å². The van der Waals surface area contributed by atoms with E-state index in [0.29, 0.717) is 35.9 Å². The maximum Gasteiger partial charge on any atom is 0.221 e. The Morgan fingerprint density at radius 1 is 1.20 bits per heavy atom. The van der Waals surface area contributed by atoms with Gasteiger partial charge in [-0.2, -0.15) is 0 Å². The lowest BCUT2D eigenvalue weighted by atomic mass is 10.1. The summed E-state index contributed by atoms with van der Waals surface area (Å²) in [5, 5.41) is 9.36. The first-order valence-electron chi connectivity index (χ1n) is 7.97. The van der Waals surface area contributed by atoms with Crippen molar-refractivity contribution in [2.24, 2.45) is 0 Å². The largest absolute Gasteiger partial charge is 0.492 e. The molecule has 3 aromatic heterocycles. The van der Waals surface area contributed by atoms with Gasteiger partial charge in [0.2, 0.25) is 5.65 Å². The van der Waals surface area contributed by atoms with Gasteiger partial charge in [-0.1, -0.05) is 36.1 Å². The average molecular weight is 332 g/mol. The Kier molecular flexibility index (Phi) is 3.81. The number of para-hydroxylation sites is 1. The van der Waals surface area contributed by atoms with Crippen molar-refractivity contribution in [1.82, 2.24) is 29.9 Å².